The number of hydrogen-bond donors (Lipinski definition) is 0. The first-order valence-corrected chi connectivity index (χ1v) is 8.31. The fraction of sp³-hybridized carbons (Fsp3) is 0.688. The molecule has 124 valence electrons. The lowest BCUT2D eigenvalue weighted by Crippen LogP contribution is -2.23. The average Bonchev–Trinajstić information content (AvgIpc) is 2.98. The third-order valence-corrected chi connectivity index (χ3v) is 4.85. The van der Waals surface area contributed by atoms with Crippen LogP contribution in [0.5, 0.6) is 5.88 Å². The zero-order valence-electron chi connectivity index (χ0n) is 13.9. The number of hydrogen-bond acceptors (Lipinski definition) is 6. The summed E-state index contributed by atoms with van der Waals surface area (Å²) < 4.78 is 13.2. The van der Waals surface area contributed by atoms with Gasteiger partial charge in [0, 0.05) is 19.0 Å². The van der Waals surface area contributed by atoms with Crippen LogP contribution in [-0.2, 0) is 13.6 Å². The Kier molecular flexibility index (Phi) is 3.60. The second-order valence-corrected chi connectivity index (χ2v) is 6.57. The molecule has 0 bridgehead atoms. The van der Waals surface area contributed by atoms with Crippen LogP contribution in [0.1, 0.15) is 60.7 Å². The molecule has 1 aliphatic carbocycles. The molecule has 2 aliphatic rings. The molecule has 3 heterocycles. The molecule has 0 radical (unpaired) electrons. The molecule has 1 aliphatic heterocycles. The maximum absolute atomic E-state index is 5.83. The van der Waals surface area contributed by atoms with Gasteiger partial charge in [-0.3, -0.25) is 4.90 Å². The van der Waals surface area contributed by atoms with Gasteiger partial charge in [0.05, 0.1) is 24.9 Å². The van der Waals surface area contributed by atoms with E-state index in [0.717, 1.165) is 42.7 Å². The second kappa shape index (κ2) is 5.63. The summed E-state index contributed by atoms with van der Waals surface area (Å²) in [6, 6.07) is 0.301. The highest BCUT2D eigenvalue weighted by Crippen LogP contribution is 2.41. The smallest absolute Gasteiger partial charge is 0.230 e. The van der Waals surface area contributed by atoms with Crippen LogP contribution < -0.4 is 4.74 Å². The van der Waals surface area contributed by atoms with E-state index >= 15 is 0 Å². The summed E-state index contributed by atoms with van der Waals surface area (Å²) in [5.41, 5.74) is 2.22. The summed E-state index contributed by atoms with van der Waals surface area (Å²) in [6.45, 7) is 3.78. The van der Waals surface area contributed by atoms with E-state index in [1.165, 1.54) is 18.4 Å². The van der Waals surface area contributed by atoms with E-state index in [1.807, 2.05) is 18.7 Å². The highest BCUT2D eigenvalue weighted by atomic mass is 16.5. The lowest BCUT2D eigenvalue weighted by atomic mass is 10.1. The van der Waals surface area contributed by atoms with E-state index < -0.39 is 0 Å². The summed E-state index contributed by atoms with van der Waals surface area (Å²) in [5.74, 6) is 2.89. The molecule has 1 saturated carbocycles. The number of aryl methyl sites for hydroxylation is 2. The Labute approximate surface area is 135 Å². The number of likely N-dealkylation sites (tertiary alicyclic amines) is 1. The normalized spacial score (nSPS) is 22.0. The van der Waals surface area contributed by atoms with E-state index in [0.29, 0.717) is 18.5 Å². The largest absolute Gasteiger partial charge is 0.481 e. The van der Waals surface area contributed by atoms with Gasteiger partial charge in [-0.15, -0.1) is 10.2 Å². The van der Waals surface area contributed by atoms with Crippen LogP contribution in [0, 0.1) is 6.92 Å². The summed E-state index contributed by atoms with van der Waals surface area (Å²) >= 11 is 0. The molecule has 1 saturated heterocycles. The Morgan fingerprint density at radius 3 is 2.83 bits per heavy atom. The van der Waals surface area contributed by atoms with Crippen LogP contribution in [0.4, 0.5) is 0 Å². The highest BCUT2D eigenvalue weighted by Gasteiger charge is 2.34. The predicted octanol–water partition coefficient (Wildman–Crippen LogP) is 2.33. The molecular weight excluding hydrogens is 294 g/mol. The molecule has 2 aromatic rings. The Morgan fingerprint density at radius 1 is 1.26 bits per heavy atom. The van der Waals surface area contributed by atoms with Crippen molar-refractivity contribution in [2.45, 2.75) is 51.1 Å². The number of aromatic nitrogens is 4. The summed E-state index contributed by atoms with van der Waals surface area (Å²) in [7, 11) is 3.63. The molecule has 0 unspecified atom stereocenters. The summed E-state index contributed by atoms with van der Waals surface area (Å²) in [4.78, 5) is 2.40. The van der Waals surface area contributed by atoms with Crippen LogP contribution in [0.15, 0.2) is 4.42 Å². The monoisotopic (exact) mass is 317 g/mol. The fourth-order valence-electron chi connectivity index (χ4n) is 3.62. The average molecular weight is 317 g/mol. The van der Waals surface area contributed by atoms with Gasteiger partial charge in [-0.2, -0.15) is 5.10 Å². The van der Waals surface area contributed by atoms with Crippen LogP contribution in [0.3, 0.4) is 0 Å². The molecule has 7 nitrogen and oxygen atoms in total. The Bertz CT molecular complexity index is 703. The summed E-state index contributed by atoms with van der Waals surface area (Å²) in [5, 5.41) is 12.9. The van der Waals surface area contributed by atoms with E-state index in [4.69, 9.17) is 9.15 Å². The molecule has 0 amide bonds. The van der Waals surface area contributed by atoms with Crippen LogP contribution in [0.25, 0.3) is 0 Å². The van der Waals surface area contributed by atoms with Gasteiger partial charge in [-0.1, -0.05) is 0 Å². The minimum Gasteiger partial charge on any atom is -0.481 e. The number of nitrogens with zero attached hydrogens (tertiary/aromatic N) is 5. The lowest BCUT2D eigenvalue weighted by Gasteiger charge is -2.23. The standard InChI is InChI=1S/C16H23N5O2/c1-10-14(16(22-3)20(2)19-10)12-5-4-8-21(12)9-13-17-18-15(23-13)11-6-7-11/h11-12H,4-9H2,1-3H3/t12-/m0/s1. The van der Waals surface area contributed by atoms with E-state index in [2.05, 4.69) is 20.2 Å². The molecule has 1 atom stereocenters. The van der Waals surface area contributed by atoms with Gasteiger partial charge in [0.2, 0.25) is 17.7 Å². The van der Waals surface area contributed by atoms with Crippen molar-refractivity contribution >= 4 is 0 Å². The van der Waals surface area contributed by atoms with Gasteiger partial charge in [0.25, 0.3) is 0 Å². The van der Waals surface area contributed by atoms with E-state index in [9.17, 15) is 0 Å². The minimum absolute atomic E-state index is 0.301. The third kappa shape index (κ3) is 2.63. The third-order valence-electron chi connectivity index (χ3n) is 4.85. The van der Waals surface area contributed by atoms with Crippen molar-refractivity contribution in [1.29, 1.82) is 0 Å². The van der Waals surface area contributed by atoms with Gasteiger partial charge in [-0.05, 0) is 39.2 Å². The molecule has 0 aromatic carbocycles. The van der Waals surface area contributed by atoms with Crippen molar-refractivity contribution in [1.82, 2.24) is 24.9 Å². The quantitative estimate of drug-likeness (QED) is 0.843. The van der Waals surface area contributed by atoms with Crippen molar-refractivity contribution in [3.63, 3.8) is 0 Å². The zero-order valence-corrected chi connectivity index (χ0v) is 13.9. The maximum atomic E-state index is 5.83. The van der Waals surface area contributed by atoms with Gasteiger partial charge >= 0.3 is 0 Å². The first kappa shape index (κ1) is 14.7. The lowest BCUT2D eigenvalue weighted by molar-refractivity contribution is 0.216. The van der Waals surface area contributed by atoms with E-state index in [-0.39, 0.29) is 0 Å². The number of rotatable bonds is 5. The van der Waals surface area contributed by atoms with Gasteiger partial charge in [-0.25, -0.2) is 4.68 Å². The molecule has 4 rings (SSSR count). The first-order chi connectivity index (χ1) is 11.2. The maximum Gasteiger partial charge on any atom is 0.230 e. The number of methoxy groups -OCH3 is 1. The molecule has 7 heteroatoms. The van der Waals surface area contributed by atoms with Gasteiger partial charge in [0.1, 0.15) is 0 Å². The second-order valence-electron chi connectivity index (χ2n) is 6.57. The summed E-state index contributed by atoms with van der Waals surface area (Å²) in [6.07, 6.45) is 4.62. The van der Waals surface area contributed by atoms with Crippen LogP contribution >= 0.6 is 0 Å². The highest BCUT2D eigenvalue weighted by molar-refractivity contribution is 5.35. The molecule has 0 spiro atoms. The van der Waals surface area contributed by atoms with Crippen molar-refractivity contribution in [2.75, 3.05) is 13.7 Å². The SMILES string of the molecule is COc1c([C@@H]2CCCN2Cc2nnc(C3CC3)o2)c(C)nn1C. The van der Waals surface area contributed by atoms with Crippen LogP contribution in [-0.4, -0.2) is 38.5 Å². The van der Waals surface area contributed by atoms with Gasteiger partial charge < -0.3 is 9.15 Å². The van der Waals surface area contributed by atoms with Crippen molar-refractivity contribution in [3.05, 3.63) is 23.0 Å². The Hall–Kier alpha value is -1.89. The Morgan fingerprint density at radius 2 is 2.09 bits per heavy atom. The van der Waals surface area contributed by atoms with Crippen LogP contribution in [0.2, 0.25) is 0 Å². The zero-order chi connectivity index (χ0) is 16.0. The molecule has 2 fully saturated rings. The molecular formula is C16H23N5O2. The predicted molar refractivity (Wildman–Crippen MR) is 83.2 cm³/mol. The number of ether oxygens (including phenoxy) is 1. The van der Waals surface area contributed by atoms with E-state index in [1.54, 1.807) is 7.11 Å². The Balaban J connectivity index is 1.56. The molecule has 2 aromatic heterocycles. The minimum atomic E-state index is 0.301. The fourth-order valence-corrected chi connectivity index (χ4v) is 3.62. The topological polar surface area (TPSA) is 69.2 Å². The van der Waals surface area contributed by atoms with Crippen molar-refractivity contribution in [3.8, 4) is 5.88 Å². The van der Waals surface area contributed by atoms with Crippen molar-refractivity contribution < 1.29 is 9.15 Å². The van der Waals surface area contributed by atoms with Crippen molar-refractivity contribution in [2.24, 2.45) is 7.05 Å². The van der Waals surface area contributed by atoms with Gasteiger partial charge in [0.15, 0.2) is 0 Å². The molecule has 0 N–H and O–H groups in total. The molecule has 23 heavy (non-hydrogen) atoms. The first-order valence-electron chi connectivity index (χ1n) is 8.31.